The Bertz CT molecular complexity index is 800. The van der Waals surface area contributed by atoms with Crippen molar-refractivity contribution in [2.45, 2.75) is 26.9 Å². The molecule has 0 saturated heterocycles. The van der Waals surface area contributed by atoms with Crippen LogP contribution in [0.5, 0.6) is 0 Å². The lowest BCUT2D eigenvalue weighted by Crippen LogP contribution is -2.33. The molecule has 0 atom stereocenters. The number of hydrogen-bond donors (Lipinski definition) is 2. The predicted octanol–water partition coefficient (Wildman–Crippen LogP) is 2.93. The van der Waals surface area contributed by atoms with Crippen molar-refractivity contribution in [2.75, 3.05) is 13.6 Å². The Balaban J connectivity index is 2.06. The lowest BCUT2D eigenvalue weighted by atomic mass is 10.1. The Kier molecular flexibility index (Phi) is 7.77. The van der Waals surface area contributed by atoms with Crippen LogP contribution in [0.4, 0.5) is 0 Å². The van der Waals surface area contributed by atoms with Crippen molar-refractivity contribution in [1.29, 1.82) is 0 Å². The molecule has 27 heavy (non-hydrogen) atoms. The highest BCUT2D eigenvalue weighted by molar-refractivity contribution is 6.00. The molecule has 0 spiro atoms. The molecule has 5 nitrogen and oxygen atoms in total. The van der Waals surface area contributed by atoms with Gasteiger partial charge in [0.05, 0.1) is 0 Å². The van der Waals surface area contributed by atoms with Crippen LogP contribution in [-0.4, -0.2) is 30.3 Å². The van der Waals surface area contributed by atoms with Crippen LogP contribution >= 0.6 is 0 Å². The van der Waals surface area contributed by atoms with Crippen molar-refractivity contribution in [3.8, 4) is 0 Å². The topological polar surface area (TPSA) is 61.4 Å². The summed E-state index contributed by atoms with van der Waals surface area (Å²) in [6, 6.07) is 17.6. The number of amides is 2. The van der Waals surface area contributed by atoms with Crippen LogP contribution in [0.2, 0.25) is 0 Å². The number of nitrogens with zero attached hydrogens (tertiary/aromatic N) is 1. The molecule has 2 aromatic carbocycles. The van der Waals surface area contributed by atoms with E-state index in [1.165, 1.54) is 12.5 Å². The lowest BCUT2D eigenvalue weighted by molar-refractivity contribution is -0.122. The van der Waals surface area contributed by atoms with E-state index in [2.05, 4.69) is 41.6 Å². The van der Waals surface area contributed by atoms with E-state index < -0.39 is 0 Å². The summed E-state index contributed by atoms with van der Waals surface area (Å²) in [6.45, 7) is 5.75. The zero-order chi connectivity index (χ0) is 19.6. The van der Waals surface area contributed by atoms with Crippen LogP contribution < -0.4 is 10.6 Å². The number of nitrogens with one attached hydrogen (secondary N) is 2. The summed E-state index contributed by atoms with van der Waals surface area (Å²) in [4.78, 5) is 26.2. The Morgan fingerprint density at radius 1 is 1.04 bits per heavy atom. The van der Waals surface area contributed by atoms with E-state index in [4.69, 9.17) is 0 Å². The van der Waals surface area contributed by atoms with Gasteiger partial charge in [-0.05, 0) is 36.4 Å². The minimum atomic E-state index is -0.315. The third kappa shape index (κ3) is 7.07. The second-order valence-electron chi connectivity index (χ2n) is 6.48. The van der Waals surface area contributed by atoms with Crippen LogP contribution in [0.25, 0.3) is 6.08 Å². The molecule has 0 aromatic heterocycles. The molecule has 0 radical (unpaired) electrons. The molecular weight excluding hydrogens is 338 g/mol. The maximum Gasteiger partial charge on any atom is 0.268 e. The van der Waals surface area contributed by atoms with E-state index in [9.17, 15) is 9.59 Å². The van der Waals surface area contributed by atoms with Crippen LogP contribution in [0.15, 0.2) is 60.3 Å². The number of benzene rings is 2. The number of carbonyl (C=O) groups is 2. The van der Waals surface area contributed by atoms with E-state index in [1.807, 2.05) is 42.5 Å². The molecule has 2 rings (SSSR count). The smallest absolute Gasteiger partial charge is 0.268 e. The summed E-state index contributed by atoms with van der Waals surface area (Å²) in [5.74, 6) is -0.595. The highest BCUT2D eigenvalue weighted by Gasteiger charge is 2.11. The highest BCUT2D eigenvalue weighted by Crippen LogP contribution is 2.09. The molecule has 5 heteroatoms. The molecule has 0 aliphatic heterocycles. The van der Waals surface area contributed by atoms with E-state index in [-0.39, 0.29) is 17.5 Å². The molecule has 2 N–H and O–H groups in total. The van der Waals surface area contributed by atoms with Gasteiger partial charge >= 0.3 is 0 Å². The Morgan fingerprint density at radius 2 is 1.74 bits per heavy atom. The van der Waals surface area contributed by atoms with Gasteiger partial charge in [-0.2, -0.15) is 0 Å². The first-order valence-corrected chi connectivity index (χ1v) is 9.07. The van der Waals surface area contributed by atoms with Gasteiger partial charge in [0, 0.05) is 20.0 Å². The van der Waals surface area contributed by atoms with Crippen molar-refractivity contribution in [2.24, 2.45) is 0 Å². The third-order valence-corrected chi connectivity index (χ3v) is 4.10. The molecule has 0 fully saturated rings. The standard InChI is InChI=1S/C22H27N3O2/c1-4-25(3)16-20-12-8-11-19(13-20)15-23-22(27)21(24-17(2)26)14-18-9-6-5-7-10-18/h5-14H,4,15-16H2,1-3H3,(H,23,27)(H,24,26)/b21-14+. The molecule has 0 heterocycles. The van der Waals surface area contributed by atoms with Gasteiger partial charge in [0.1, 0.15) is 5.70 Å². The second-order valence-corrected chi connectivity index (χ2v) is 6.48. The summed E-state index contributed by atoms with van der Waals surface area (Å²) in [6.07, 6.45) is 1.67. The highest BCUT2D eigenvalue weighted by atomic mass is 16.2. The fraction of sp³-hybridized carbons (Fsp3) is 0.273. The third-order valence-electron chi connectivity index (χ3n) is 4.10. The summed E-state index contributed by atoms with van der Waals surface area (Å²) in [7, 11) is 2.07. The van der Waals surface area contributed by atoms with Gasteiger partial charge in [-0.25, -0.2) is 0 Å². The van der Waals surface area contributed by atoms with Gasteiger partial charge in [-0.15, -0.1) is 0 Å². The summed E-state index contributed by atoms with van der Waals surface area (Å²) < 4.78 is 0. The molecule has 0 aliphatic rings. The molecule has 2 amide bonds. The molecule has 2 aromatic rings. The number of rotatable bonds is 8. The SMILES string of the molecule is CCN(C)Cc1cccc(CNC(=O)/C(=C\c2ccccc2)NC(C)=O)c1. The van der Waals surface area contributed by atoms with Crippen molar-refractivity contribution < 1.29 is 9.59 Å². The second kappa shape index (κ2) is 10.3. The summed E-state index contributed by atoms with van der Waals surface area (Å²) in [5.41, 5.74) is 3.30. The maximum absolute atomic E-state index is 12.6. The summed E-state index contributed by atoms with van der Waals surface area (Å²) in [5, 5.41) is 5.50. The molecule has 0 aliphatic carbocycles. The monoisotopic (exact) mass is 365 g/mol. The molecule has 0 saturated carbocycles. The Hall–Kier alpha value is -2.92. The molecule has 0 bridgehead atoms. The van der Waals surface area contributed by atoms with Crippen LogP contribution in [0.3, 0.4) is 0 Å². The molecule has 0 unspecified atom stereocenters. The fourth-order valence-electron chi connectivity index (χ4n) is 2.60. The van der Waals surface area contributed by atoms with Gasteiger partial charge in [0.2, 0.25) is 5.91 Å². The first-order chi connectivity index (χ1) is 13.0. The largest absolute Gasteiger partial charge is 0.347 e. The van der Waals surface area contributed by atoms with Crippen molar-refractivity contribution in [3.63, 3.8) is 0 Å². The average Bonchev–Trinajstić information content (AvgIpc) is 2.66. The van der Waals surface area contributed by atoms with Gasteiger partial charge in [0.15, 0.2) is 0 Å². The van der Waals surface area contributed by atoms with E-state index in [0.717, 1.165) is 24.2 Å². The maximum atomic E-state index is 12.6. The van der Waals surface area contributed by atoms with E-state index in [1.54, 1.807) is 6.08 Å². The zero-order valence-corrected chi connectivity index (χ0v) is 16.2. The predicted molar refractivity (Wildman–Crippen MR) is 109 cm³/mol. The van der Waals surface area contributed by atoms with E-state index >= 15 is 0 Å². The van der Waals surface area contributed by atoms with Crippen LogP contribution in [0.1, 0.15) is 30.5 Å². The van der Waals surface area contributed by atoms with Gasteiger partial charge in [0.25, 0.3) is 5.91 Å². The van der Waals surface area contributed by atoms with Gasteiger partial charge in [-0.3, -0.25) is 9.59 Å². The quantitative estimate of drug-likeness (QED) is 0.707. The van der Waals surface area contributed by atoms with Crippen LogP contribution in [0, 0.1) is 0 Å². The average molecular weight is 365 g/mol. The normalized spacial score (nSPS) is 11.3. The minimum Gasteiger partial charge on any atom is -0.347 e. The first-order valence-electron chi connectivity index (χ1n) is 9.07. The van der Waals surface area contributed by atoms with Crippen molar-refractivity contribution >= 4 is 17.9 Å². The Morgan fingerprint density at radius 3 is 2.41 bits per heavy atom. The number of carbonyl (C=O) groups excluding carboxylic acids is 2. The first kappa shape index (κ1) is 20.4. The van der Waals surface area contributed by atoms with E-state index in [0.29, 0.717) is 6.54 Å². The summed E-state index contributed by atoms with van der Waals surface area (Å²) >= 11 is 0. The van der Waals surface area contributed by atoms with Crippen LogP contribution in [-0.2, 0) is 22.7 Å². The van der Waals surface area contributed by atoms with Gasteiger partial charge < -0.3 is 15.5 Å². The molecule has 142 valence electrons. The zero-order valence-electron chi connectivity index (χ0n) is 16.2. The van der Waals surface area contributed by atoms with Gasteiger partial charge in [-0.1, -0.05) is 61.5 Å². The minimum absolute atomic E-state index is 0.232. The fourth-order valence-corrected chi connectivity index (χ4v) is 2.60. The Labute approximate surface area is 161 Å². The number of hydrogen-bond acceptors (Lipinski definition) is 3. The lowest BCUT2D eigenvalue weighted by Gasteiger charge is -2.15. The van der Waals surface area contributed by atoms with Crippen molar-refractivity contribution in [3.05, 3.63) is 77.0 Å². The van der Waals surface area contributed by atoms with Crippen molar-refractivity contribution in [1.82, 2.24) is 15.5 Å². The molecular formula is C22H27N3O2.